The van der Waals surface area contributed by atoms with Crippen LogP contribution >= 0.6 is 0 Å². The molecule has 0 aromatic heterocycles. The number of halogens is 1. The summed E-state index contributed by atoms with van der Waals surface area (Å²) in [6.07, 6.45) is 2.99. The minimum absolute atomic E-state index is 0.0507. The van der Waals surface area contributed by atoms with Crippen LogP contribution in [-0.4, -0.2) is 49.7 Å². The topological polar surface area (TPSA) is 55.8 Å². The molecule has 0 saturated carbocycles. The van der Waals surface area contributed by atoms with Crippen molar-refractivity contribution in [2.24, 2.45) is 11.3 Å². The molecule has 1 atom stereocenters. The highest BCUT2D eigenvalue weighted by atomic mass is 19.1. The molecule has 2 aliphatic heterocycles. The number of carbonyl (C=O) groups is 2. The lowest BCUT2D eigenvalue weighted by Crippen LogP contribution is -2.53. The van der Waals surface area contributed by atoms with Crippen LogP contribution in [0.2, 0.25) is 0 Å². The molecule has 148 valence electrons. The van der Waals surface area contributed by atoms with Gasteiger partial charge in [0.25, 0.3) is 0 Å². The van der Waals surface area contributed by atoms with E-state index in [1.54, 1.807) is 30.0 Å². The second-order valence-electron chi connectivity index (χ2n) is 7.52. The molecule has 0 aliphatic carbocycles. The number of benzene rings is 1. The molecule has 1 aromatic rings. The van der Waals surface area contributed by atoms with Crippen LogP contribution in [0, 0.1) is 17.2 Å². The van der Waals surface area contributed by atoms with Gasteiger partial charge in [-0.25, -0.2) is 4.39 Å². The molecular formula is C21H28FNO4. The molecule has 5 nitrogen and oxygen atoms in total. The Labute approximate surface area is 159 Å². The Morgan fingerprint density at radius 1 is 1.30 bits per heavy atom. The van der Waals surface area contributed by atoms with E-state index >= 15 is 0 Å². The fourth-order valence-corrected chi connectivity index (χ4v) is 4.20. The predicted molar refractivity (Wildman–Crippen MR) is 98.5 cm³/mol. The van der Waals surface area contributed by atoms with Crippen molar-refractivity contribution in [3.63, 3.8) is 0 Å². The number of esters is 1. The molecule has 2 heterocycles. The summed E-state index contributed by atoms with van der Waals surface area (Å²) in [4.78, 5) is 27.7. The van der Waals surface area contributed by atoms with Crippen molar-refractivity contribution in [1.82, 2.24) is 4.90 Å². The maximum atomic E-state index is 14.3. The van der Waals surface area contributed by atoms with Gasteiger partial charge in [0.15, 0.2) is 0 Å². The minimum Gasteiger partial charge on any atom is -0.466 e. The summed E-state index contributed by atoms with van der Waals surface area (Å²) < 4.78 is 25.0. The summed E-state index contributed by atoms with van der Waals surface area (Å²) in [7, 11) is 0. The number of carbonyl (C=O) groups excluding carboxylic acids is 2. The third kappa shape index (κ3) is 4.49. The highest BCUT2D eigenvalue weighted by molar-refractivity contribution is 5.82. The molecule has 2 aliphatic rings. The van der Waals surface area contributed by atoms with Crippen molar-refractivity contribution >= 4 is 11.9 Å². The number of piperidine rings is 1. The van der Waals surface area contributed by atoms with Gasteiger partial charge in [-0.3, -0.25) is 9.59 Å². The normalized spacial score (nSPS) is 23.9. The molecule has 0 bridgehead atoms. The van der Waals surface area contributed by atoms with Crippen LogP contribution in [0.25, 0.3) is 0 Å². The van der Waals surface area contributed by atoms with Crippen LogP contribution < -0.4 is 0 Å². The van der Waals surface area contributed by atoms with Crippen molar-refractivity contribution in [1.29, 1.82) is 0 Å². The summed E-state index contributed by atoms with van der Waals surface area (Å²) >= 11 is 0. The van der Waals surface area contributed by atoms with Gasteiger partial charge < -0.3 is 14.4 Å². The van der Waals surface area contributed by atoms with Gasteiger partial charge >= 0.3 is 5.97 Å². The van der Waals surface area contributed by atoms with E-state index in [0.717, 1.165) is 12.8 Å². The van der Waals surface area contributed by atoms with E-state index in [4.69, 9.17) is 9.47 Å². The van der Waals surface area contributed by atoms with Crippen molar-refractivity contribution in [2.45, 2.75) is 39.0 Å². The van der Waals surface area contributed by atoms with Gasteiger partial charge in [0.1, 0.15) is 5.82 Å². The molecule has 1 unspecified atom stereocenters. The van der Waals surface area contributed by atoms with Crippen LogP contribution in [0.15, 0.2) is 24.3 Å². The Balaban J connectivity index is 1.82. The van der Waals surface area contributed by atoms with E-state index in [1.807, 2.05) is 0 Å². The van der Waals surface area contributed by atoms with E-state index in [1.165, 1.54) is 6.07 Å². The second-order valence-corrected chi connectivity index (χ2v) is 7.52. The number of hydrogen-bond donors (Lipinski definition) is 0. The van der Waals surface area contributed by atoms with Gasteiger partial charge in [-0.2, -0.15) is 0 Å². The molecule has 2 saturated heterocycles. The highest BCUT2D eigenvalue weighted by Crippen LogP contribution is 2.37. The molecule has 3 rings (SSSR count). The fourth-order valence-electron chi connectivity index (χ4n) is 4.20. The molecule has 2 fully saturated rings. The quantitative estimate of drug-likeness (QED) is 0.741. The van der Waals surface area contributed by atoms with Crippen LogP contribution in [-0.2, 0) is 25.5 Å². The van der Waals surface area contributed by atoms with Crippen molar-refractivity contribution < 1.29 is 23.5 Å². The summed E-state index contributed by atoms with van der Waals surface area (Å²) in [6, 6.07) is 6.51. The standard InChI is InChI=1S/C21H28FNO4/c1-2-27-20(25)21(14-17-6-3-4-7-18(17)22)10-5-11-23(15-21)19(24)16-8-12-26-13-9-16/h3-4,6-7,16H,2,5,8-15H2,1H3. The molecule has 6 heteroatoms. The van der Waals surface area contributed by atoms with E-state index < -0.39 is 5.41 Å². The first kappa shape index (κ1) is 19.8. The van der Waals surface area contributed by atoms with Crippen LogP contribution in [0.5, 0.6) is 0 Å². The molecule has 0 N–H and O–H groups in total. The highest BCUT2D eigenvalue weighted by Gasteiger charge is 2.46. The maximum Gasteiger partial charge on any atom is 0.314 e. The number of ether oxygens (including phenoxy) is 2. The SMILES string of the molecule is CCOC(=O)C1(Cc2ccccc2F)CCCN(C(=O)C2CCOCC2)C1. The van der Waals surface area contributed by atoms with Gasteiger partial charge in [0.05, 0.1) is 12.0 Å². The third-order valence-electron chi connectivity index (χ3n) is 5.65. The van der Waals surface area contributed by atoms with Gasteiger partial charge in [-0.05, 0) is 50.7 Å². The smallest absolute Gasteiger partial charge is 0.314 e. The second kappa shape index (κ2) is 8.83. The monoisotopic (exact) mass is 377 g/mol. The summed E-state index contributed by atoms with van der Waals surface area (Å²) in [6.45, 7) is 4.16. The Kier molecular flexibility index (Phi) is 6.47. The third-order valence-corrected chi connectivity index (χ3v) is 5.65. The number of amides is 1. The van der Waals surface area contributed by atoms with Gasteiger partial charge in [-0.15, -0.1) is 0 Å². The maximum absolute atomic E-state index is 14.3. The van der Waals surface area contributed by atoms with E-state index in [-0.39, 0.29) is 43.2 Å². The van der Waals surface area contributed by atoms with Crippen molar-refractivity contribution in [2.75, 3.05) is 32.9 Å². The first-order valence-corrected chi connectivity index (χ1v) is 9.83. The Morgan fingerprint density at radius 2 is 2.04 bits per heavy atom. The zero-order valence-corrected chi connectivity index (χ0v) is 15.9. The van der Waals surface area contributed by atoms with Gasteiger partial charge in [-0.1, -0.05) is 18.2 Å². The summed E-state index contributed by atoms with van der Waals surface area (Å²) in [5.41, 5.74) is -0.400. The average Bonchev–Trinajstić information content (AvgIpc) is 2.70. The average molecular weight is 377 g/mol. The zero-order valence-electron chi connectivity index (χ0n) is 15.9. The molecule has 0 spiro atoms. The van der Waals surface area contributed by atoms with Crippen molar-refractivity contribution in [3.05, 3.63) is 35.6 Å². The number of likely N-dealkylation sites (tertiary alicyclic amines) is 1. The first-order chi connectivity index (χ1) is 13.1. The van der Waals surface area contributed by atoms with Gasteiger partial charge in [0.2, 0.25) is 5.91 Å². The van der Waals surface area contributed by atoms with Crippen LogP contribution in [0.4, 0.5) is 4.39 Å². The Morgan fingerprint density at radius 3 is 2.74 bits per heavy atom. The number of nitrogens with zero attached hydrogens (tertiary/aromatic N) is 1. The van der Waals surface area contributed by atoms with Gasteiger partial charge in [0, 0.05) is 32.2 Å². The minimum atomic E-state index is -0.892. The fraction of sp³-hybridized carbons (Fsp3) is 0.619. The largest absolute Gasteiger partial charge is 0.466 e. The summed E-state index contributed by atoms with van der Waals surface area (Å²) in [5.74, 6) is -0.628. The lowest BCUT2D eigenvalue weighted by molar-refractivity contribution is -0.162. The Hall–Kier alpha value is -1.95. The zero-order chi connectivity index (χ0) is 19.3. The van der Waals surface area contributed by atoms with Crippen LogP contribution in [0.3, 0.4) is 0 Å². The summed E-state index contributed by atoms with van der Waals surface area (Å²) in [5, 5.41) is 0. The first-order valence-electron chi connectivity index (χ1n) is 9.83. The molecular weight excluding hydrogens is 349 g/mol. The number of hydrogen-bond acceptors (Lipinski definition) is 4. The Bertz CT molecular complexity index is 674. The predicted octanol–water partition coefficient (Wildman–Crippen LogP) is 2.97. The molecule has 1 aromatic carbocycles. The lowest BCUT2D eigenvalue weighted by atomic mass is 9.74. The lowest BCUT2D eigenvalue weighted by Gasteiger charge is -2.42. The van der Waals surface area contributed by atoms with E-state index in [0.29, 0.717) is 38.2 Å². The van der Waals surface area contributed by atoms with Crippen molar-refractivity contribution in [3.8, 4) is 0 Å². The number of rotatable bonds is 5. The molecule has 0 radical (unpaired) electrons. The molecule has 1 amide bonds. The van der Waals surface area contributed by atoms with E-state index in [9.17, 15) is 14.0 Å². The van der Waals surface area contributed by atoms with E-state index in [2.05, 4.69) is 0 Å². The van der Waals surface area contributed by atoms with Crippen LogP contribution in [0.1, 0.15) is 38.2 Å². The molecule has 27 heavy (non-hydrogen) atoms.